The average Bonchev–Trinajstić information content (AvgIpc) is 3.43. The summed E-state index contributed by atoms with van der Waals surface area (Å²) in [5.41, 5.74) is 9.61. The Morgan fingerprint density at radius 3 is 2.80 bits per heavy atom. The molecule has 3 aliphatic rings. The van der Waals surface area contributed by atoms with Crippen molar-refractivity contribution in [1.82, 2.24) is 20.2 Å². The molecule has 1 amide bonds. The molecule has 0 aliphatic carbocycles. The van der Waals surface area contributed by atoms with Gasteiger partial charge >= 0.3 is 0 Å². The third-order valence-corrected chi connectivity index (χ3v) is 7.83. The monoisotopic (exact) mass is 473 g/mol. The summed E-state index contributed by atoms with van der Waals surface area (Å²) < 4.78 is 5.84. The molecule has 180 valence electrons. The van der Waals surface area contributed by atoms with E-state index in [1.165, 1.54) is 0 Å². The SMILES string of the molecule is [C-]#[N+]c1ccc2c(c1)N(C)C(=O)CN2c1n[nH]c2nc(N3CCC4(CC3)CO[C@@H](C)[C@H]4N)cnc12. The molecule has 0 bridgehead atoms. The number of carbonyl (C=O) groups excluding carboxylic acids is 1. The van der Waals surface area contributed by atoms with E-state index in [9.17, 15) is 4.79 Å². The maximum atomic E-state index is 12.7. The molecule has 3 N–H and O–H groups in total. The number of benzene rings is 1. The van der Waals surface area contributed by atoms with Crippen molar-refractivity contribution >= 4 is 45.8 Å². The van der Waals surface area contributed by atoms with Crippen molar-refractivity contribution in [3.8, 4) is 0 Å². The van der Waals surface area contributed by atoms with Crippen LogP contribution in [0.3, 0.4) is 0 Å². The highest BCUT2D eigenvalue weighted by Gasteiger charge is 2.47. The number of ether oxygens (including phenoxy) is 1. The van der Waals surface area contributed by atoms with E-state index in [0.717, 1.165) is 44.0 Å². The number of H-pyrrole nitrogens is 1. The number of likely N-dealkylation sites (N-methyl/N-ethyl adjacent to an activating group) is 1. The molecule has 3 aliphatic heterocycles. The number of nitrogens with zero attached hydrogens (tertiary/aromatic N) is 7. The van der Waals surface area contributed by atoms with E-state index in [0.29, 0.717) is 28.4 Å². The summed E-state index contributed by atoms with van der Waals surface area (Å²) >= 11 is 0. The van der Waals surface area contributed by atoms with E-state index < -0.39 is 0 Å². The predicted octanol–water partition coefficient (Wildman–Crippen LogP) is 2.35. The van der Waals surface area contributed by atoms with Crippen molar-refractivity contribution in [2.45, 2.75) is 31.9 Å². The number of nitrogens with two attached hydrogens (primary N) is 1. The topological polar surface area (TPSA) is 121 Å². The van der Waals surface area contributed by atoms with Gasteiger partial charge in [0.2, 0.25) is 5.91 Å². The molecule has 5 heterocycles. The molecule has 1 spiro atoms. The zero-order chi connectivity index (χ0) is 24.3. The number of hydrogen-bond acceptors (Lipinski definition) is 8. The van der Waals surface area contributed by atoms with Gasteiger partial charge < -0.3 is 25.2 Å². The Kier molecular flexibility index (Phi) is 4.91. The average molecular weight is 474 g/mol. The van der Waals surface area contributed by atoms with Gasteiger partial charge in [-0.3, -0.25) is 9.89 Å². The minimum atomic E-state index is -0.0916. The molecular weight excluding hydrogens is 446 g/mol. The summed E-state index contributed by atoms with van der Waals surface area (Å²) in [6.07, 6.45) is 3.78. The third kappa shape index (κ3) is 3.32. The van der Waals surface area contributed by atoms with Crippen molar-refractivity contribution in [2.75, 3.05) is 48.0 Å². The van der Waals surface area contributed by atoms with E-state index in [-0.39, 0.29) is 30.0 Å². The number of aromatic amines is 1. The highest BCUT2D eigenvalue weighted by Crippen LogP contribution is 2.43. The minimum Gasteiger partial charge on any atom is -0.376 e. The first-order chi connectivity index (χ1) is 16.9. The molecule has 35 heavy (non-hydrogen) atoms. The molecule has 0 radical (unpaired) electrons. The summed E-state index contributed by atoms with van der Waals surface area (Å²) in [5.74, 6) is 1.24. The zero-order valence-electron chi connectivity index (χ0n) is 19.7. The summed E-state index contributed by atoms with van der Waals surface area (Å²) in [6.45, 7) is 11.9. The summed E-state index contributed by atoms with van der Waals surface area (Å²) in [7, 11) is 1.72. The molecule has 2 fully saturated rings. The van der Waals surface area contributed by atoms with Gasteiger partial charge in [0.15, 0.2) is 22.7 Å². The molecule has 2 aromatic heterocycles. The van der Waals surface area contributed by atoms with Crippen LogP contribution in [-0.4, -0.2) is 71.5 Å². The van der Waals surface area contributed by atoms with E-state index in [1.54, 1.807) is 30.3 Å². The van der Waals surface area contributed by atoms with Crippen LogP contribution in [0.25, 0.3) is 16.0 Å². The predicted molar refractivity (Wildman–Crippen MR) is 132 cm³/mol. The van der Waals surface area contributed by atoms with E-state index >= 15 is 0 Å². The van der Waals surface area contributed by atoms with Crippen molar-refractivity contribution in [3.63, 3.8) is 0 Å². The molecule has 6 rings (SSSR count). The van der Waals surface area contributed by atoms with Crippen molar-refractivity contribution in [3.05, 3.63) is 35.8 Å². The normalized spacial score (nSPS) is 23.7. The quantitative estimate of drug-likeness (QED) is 0.544. The van der Waals surface area contributed by atoms with Crippen molar-refractivity contribution in [2.24, 2.45) is 11.1 Å². The summed E-state index contributed by atoms with van der Waals surface area (Å²) in [4.78, 5) is 31.3. The van der Waals surface area contributed by atoms with Crippen LogP contribution in [0.15, 0.2) is 24.4 Å². The first-order valence-corrected chi connectivity index (χ1v) is 11.8. The number of hydrogen-bond donors (Lipinski definition) is 2. The van der Waals surface area contributed by atoms with Crippen LogP contribution in [0, 0.1) is 12.0 Å². The molecule has 11 heteroatoms. The number of amides is 1. The Hall–Kier alpha value is -3.75. The standard InChI is InChI=1S/C24H27N9O2/c1-14-21(25)24(13-35-14)6-8-32(9-7-24)18-11-27-20-22(28-18)29-30-23(20)33-12-19(34)31(3)17-10-15(26-2)4-5-16(17)33/h4-5,10-11,14,21H,6-9,12-13,25H2,1,3H3,(H,28,29,30)/t14-,21+/m0/s1. The van der Waals surface area contributed by atoms with Gasteiger partial charge in [-0.1, -0.05) is 6.07 Å². The first kappa shape index (κ1) is 21.8. The molecule has 2 atom stereocenters. The second-order valence-corrected chi connectivity index (χ2v) is 9.69. The number of fused-ring (bicyclic) bond motifs is 2. The van der Waals surface area contributed by atoms with Crippen LogP contribution in [0.5, 0.6) is 0 Å². The van der Waals surface area contributed by atoms with Gasteiger partial charge in [0.25, 0.3) is 0 Å². The number of piperidine rings is 1. The number of aromatic nitrogens is 4. The van der Waals surface area contributed by atoms with Crippen molar-refractivity contribution < 1.29 is 9.53 Å². The lowest BCUT2D eigenvalue weighted by Crippen LogP contribution is -2.50. The lowest BCUT2D eigenvalue weighted by molar-refractivity contribution is -0.117. The van der Waals surface area contributed by atoms with E-state index in [2.05, 4.69) is 26.9 Å². The van der Waals surface area contributed by atoms with Gasteiger partial charge in [0.1, 0.15) is 12.4 Å². The van der Waals surface area contributed by atoms with Gasteiger partial charge in [-0.15, -0.1) is 0 Å². The molecule has 11 nitrogen and oxygen atoms in total. The van der Waals surface area contributed by atoms with Gasteiger partial charge in [0.05, 0.1) is 36.9 Å². The Balaban J connectivity index is 1.28. The molecule has 3 aromatic rings. The number of anilines is 4. The van der Waals surface area contributed by atoms with Crippen LogP contribution in [0.2, 0.25) is 0 Å². The second kappa shape index (κ2) is 7.90. The fourth-order valence-corrected chi connectivity index (χ4v) is 5.50. The summed E-state index contributed by atoms with van der Waals surface area (Å²) in [5, 5.41) is 7.48. The van der Waals surface area contributed by atoms with Gasteiger partial charge in [-0.25, -0.2) is 14.8 Å². The molecule has 0 unspecified atom stereocenters. The van der Waals surface area contributed by atoms with Crippen molar-refractivity contribution in [1.29, 1.82) is 0 Å². The van der Waals surface area contributed by atoms with Crippen LogP contribution in [0.4, 0.5) is 28.7 Å². The second-order valence-electron chi connectivity index (χ2n) is 9.69. The maximum absolute atomic E-state index is 12.7. The lowest BCUT2D eigenvalue weighted by atomic mass is 9.73. The van der Waals surface area contributed by atoms with Crippen LogP contribution < -0.4 is 20.4 Å². The van der Waals surface area contributed by atoms with Crippen LogP contribution >= 0.6 is 0 Å². The smallest absolute Gasteiger partial charge is 0.246 e. The fourth-order valence-electron chi connectivity index (χ4n) is 5.50. The maximum Gasteiger partial charge on any atom is 0.246 e. The Morgan fingerprint density at radius 2 is 2.09 bits per heavy atom. The highest BCUT2D eigenvalue weighted by molar-refractivity contribution is 6.06. The number of rotatable bonds is 2. The van der Waals surface area contributed by atoms with E-state index in [1.807, 2.05) is 11.0 Å². The fraction of sp³-hybridized carbons (Fsp3) is 0.458. The molecule has 1 aromatic carbocycles. The highest BCUT2D eigenvalue weighted by atomic mass is 16.5. The minimum absolute atomic E-state index is 0.0447. The first-order valence-electron chi connectivity index (χ1n) is 11.8. The molecule has 0 saturated carbocycles. The summed E-state index contributed by atoms with van der Waals surface area (Å²) in [6, 6.07) is 5.37. The third-order valence-electron chi connectivity index (χ3n) is 7.83. The Bertz CT molecular complexity index is 1350. The van der Waals surface area contributed by atoms with Crippen LogP contribution in [0.1, 0.15) is 19.8 Å². The van der Waals surface area contributed by atoms with E-state index in [4.69, 9.17) is 27.0 Å². The Morgan fingerprint density at radius 1 is 1.29 bits per heavy atom. The number of carbonyl (C=O) groups is 1. The number of nitrogens with one attached hydrogen (secondary N) is 1. The van der Waals surface area contributed by atoms with Gasteiger partial charge in [-0.05, 0) is 31.9 Å². The van der Waals surface area contributed by atoms with Gasteiger partial charge in [-0.2, -0.15) is 5.10 Å². The van der Waals surface area contributed by atoms with Crippen LogP contribution in [-0.2, 0) is 9.53 Å². The molecular formula is C24H27N9O2. The zero-order valence-corrected chi connectivity index (χ0v) is 19.7. The van der Waals surface area contributed by atoms with Gasteiger partial charge in [0, 0.05) is 31.6 Å². The lowest BCUT2D eigenvalue weighted by Gasteiger charge is -2.41. The largest absolute Gasteiger partial charge is 0.376 e. The molecule has 2 saturated heterocycles. The Labute approximate surface area is 202 Å².